The number of hydrogen-bond donors (Lipinski definition) is 1. The molecule has 6 heteroatoms. The number of halogens is 4. The van der Waals surface area contributed by atoms with Crippen molar-refractivity contribution in [1.29, 1.82) is 0 Å². The summed E-state index contributed by atoms with van der Waals surface area (Å²) in [5, 5.41) is 2.30. The third kappa shape index (κ3) is 3.76. The first-order chi connectivity index (χ1) is 9.99. The van der Waals surface area contributed by atoms with E-state index in [1.54, 1.807) is 18.2 Å². The van der Waals surface area contributed by atoms with Crippen LogP contribution in [0, 0.1) is 17.5 Å². The Morgan fingerprint density at radius 3 is 2.43 bits per heavy atom. The SMILES string of the molecule is O=C(NCCc1ccccc1F)c1cc(F)c(F)cc1Cl. The summed E-state index contributed by atoms with van der Waals surface area (Å²) >= 11 is 5.69. The predicted octanol–water partition coefficient (Wildman–Crippen LogP) is 3.73. The van der Waals surface area contributed by atoms with Crippen molar-refractivity contribution in [2.45, 2.75) is 6.42 Å². The van der Waals surface area contributed by atoms with Crippen LogP contribution in [0.25, 0.3) is 0 Å². The van der Waals surface area contributed by atoms with Gasteiger partial charge in [0, 0.05) is 6.54 Å². The van der Waals surface area contributed by atoms with Crippen LogP contribution in [-0.2, 0) is 6.42 Å². The lowest BCUT2D eigenvalue weighted by atomic mass is 10.1. The van der Waals surface area contributed by atoms with Crippen LogP contribution in [0.2, 0.25) is 5.02 Å². The first-order valence-electron chi connectivity index (χ1n) is 6.15. The van der Waals surface area contributed by atoms with Gasteiger partial charge in [-0.05, 0) is 30.2 Å². The number of carbonyl (C=O) groups is 1. The second-order valence-corrected chi connectivity index (χ2v) is 4.75. The maximum Gasteiger partial charge on any atom is 0.252 e. The van der Waals surface area contributed by atoms with Gasteiger partial charge >= 0.3 is 0 Å². The summed E-state index contributed by atoms with van der Waals surface area (Å²) in [4.78, 5) is 11.8. The number of rotatable bonds is 4. The first kappa shape index (κ1) is 15.4. The van der Waals surface area contributed by atoms with E-state index in [0.717, 1.165) is 12.1 Å². The van der Waals surface area contributed by atoms with E-state index in [9.17, 15) is 18.0 Å². The van der Waals surface area contributed by atoms with Gasteiger partial charge in [0.2, 0.25) is 0 Å². The quantitative estimate of drug-likeness (QED) is 0.856. The van der Waals surface area contributed by atoms with Gasteiger partial charge in [0.05, 0.1) is 10.6 Å². The Morgan fingerprint density at radius 2 is 1.71 bits per heavy atom. The van der Waals surface area contributed by atoms with Crippen molar-refractivity contribution in [2.24, 2.45) is 0 Å². The van der Waals surface area contributed by atoms with Crippen molar-refractivity contribution in [3.63, 3.8) is 0 Å². The molecule has 2 aromatic carbocycles. The number of nitrogens with one attached hydrogen (secondary N) is 1. The Labute approximate surface area is 124 Å². The molecule has 0 aliphatic carbocycles. The van der Waals surface area contributed by atoms with Gasteiger partial charge < -0.3 is 5.32 Å². The van der Waals surface area contributed by atoms with E-state index >= 15 is 0 Å². The molecule has 21 heavy (non-hydrogen) atoms. The summed E-state index contributed by atoms with van der Waals surface area (Å²) < 4.78 is 39.4. The van der Waals surface area contributed by atoms with Crippen molar-refractivity contribution < 1.29 is 18.0 Å². The first-order valence-corrected chi connectivity index (χ1v) is 6.53. The molecule has 0 radical (unpaired) electrons. The maximum atomic E-state index is 13.4. The highest BCUT2D eigenvalue weighted by Crippen LogP contribution is 2.19. The minimum absolute atomic E-state index is 0.148. The molecule has 2 aromatic rings. The molecule has 0 unspecified atom stereocenters. The van der Waals surface area contributed by atoms with Crippen LogP contribution in [0.3, 0.4) is 0 Å². The minimum Gasteiger partial charge on any atom is -0.352 e. The number of benzene rings is 2. The molecule has 0 aliphatic rings. The zero-order chi connectivity index (χ0) is 15.4. The second-order valence-electron chi connectivity index (χ2n) is 4.34. The maximum absolute atomic E-state index is 13.4. The highest BCUT2D eigenvalue weighted by atomic mass is 35.5. The molecule has 0 heterocycles. The Bertz CT molecular complexity index is 676. The molecule has 110 valence electrons. The topological polar surface area (TPSA) is 29.1 Å². The van der Waals surface area contributed by atoms with Crippen molar-refractivity contribution in [3.05, 3.63) is 70.0 Å². The van der Waals surface area contributed by atoms with E-state index in [0.29, 0.717) is 5.56 Å². The van der Waals surface area contributed by atoms with Crippen molar-refractivity contribution in [1.82, 2.24) is 5.32 Å². The van der Waals surface area contributed by atoms with Gasteiger partial charge in [0.15, 0.2) is 11.6 Å². The van der Waals surface area contributed by atoms with Gasteiger partial charge in [0.1, 0.15) is 5.82 Å². The predicted molar refractivity (Wildman–Crippen MR) is 73.8 cm³/mol. The number of hydrogen-bond acceptors (Lipinski definition) is 1. The summed E-state index contributed by atoms with van der Waals surface area (Å²) in [6, 6.07) is 7.65. The average molecular weight is 314 g/mol. The van der Waals surface area contributed by atoms with Gasteiger partial charge in [-0.15, -0.1) is 0 Å². The highest BCUT2D eigenvalue weighted by Gasteiger charge is 2.14. The van der Waals surface area contributed by atoms with Crippen LogP contribution in [0.1, 0.15) is 15.9 Å². The summed E-state index contributed by atoms with van der Waals surface area (Å²) in [5.74, 6) is -3.28. The zero-order valence-electron chi connectivity index (χ0n) is 10.8. The van der Waals surface area contributed by atoms with Crippen LogP contribution < -0.4 is 5.32 Å². The summed E-state index contributed by atoms with van der Waals surface area (Å²) in [6.45, 7) is 0.148. The van der Waals surface area contributed by atoms with Crippen molar-refractivity contribution in [2.75, 3.05) is 6.54 Å². The van der Waals surface area contributed by atoms with E-state index in [-0.39, 0.29) is 29.4 Å². The minimum atomic E-state index is -1.15. The van der Waals surface area contributed by atoms with Gasteiger partial charge in [0.25, 0.3) is 5.91 Å². The molecule has 0 aromatic heterocycles. The van der Waals surface area contributed by atoms with Crippen molar-refractivity contribution in [3.8, 4) is 0 Å². The molecule has 0 atom stereocenters. The van der Waals surface area contributed by atoms with Crippen LogP contribution in [-0.4, -0.2) is 12.5 Å². The molecule has 1 amide bonds. The third-order valence-corrected chi connectivity index (χ3v) is 3.21. The highest BCUT2D eigenvalue weighted by molar-refractivity contribution is 6.33. The van der Waals surface area contributed by atoms with E-state index in [1.165, 1.54) is 6.07 Å². The van der Waals surface area contributed by atoms with E-state index in [1.807, 2.05) is 0 Å². The normalized spacial score (nSPS) is 10.5. The van der Waals surface area contributed by atoms with E-state index in [4.69, 9.17) is 11.6 Å². The Kier molecular flexibility index (Phi) is 4.85. The molecule has 0 fully saturated rings. The van der Waals surface area contributed by atoms with Gasteiger partial charge in [-0.25, -0.2) is 13.2 Å². The smallest absolute Gasteiger partial charge is 0.252 e. The molecule has 0 bridgehead atoms. The monoisotopic (exact) mass is 313 g/mol. The van der Waals surface area contributed by atoms with Crippen molar-refractivity contribution >= 4 is 17.5 Å². The van der Waals surface area contributed by atoms with Gasteiger partial charge in [-0.2, -0.15) is 0 Å². The second kappa shape index (κ2) is 6.63. The molecule has 1 N–H and O–H groups in total. The largest absolute Gasteiger partial charge is 0.352 e. The fraction of sp³-hybridized carbons (Fsp3) is 0.133. The van der Waals surface area contributed by atoms with E-state index in [2.05, 4.69) is 5.32 Å². The standard InChI is InChI=1S/C15H11ClF3NO/c16-11-8-14(19)13(18)7-10(11)15(21)20-6-5-9-3-1-2-4-12(9)17/h1-4,7-8H,5-6H2,(H,20,21). The lowest BCUT2D eigenvalue weighted by Gasteiger charge is -2.08. The molecule has 0 saturated carbocycles. The van der Waals surface area contributed by atoms with Crippen LogP contribution in [0.5, 0.6) is 0 Å². The molecule has 2 rings (SSSR count). The summed E-state index contributed by atoms with van der Waals surface area (Å²) in [5.41, 5.74) is 0.290. The van der Waals surface area contributed by atoms with E-state index < -0.39 is 17.5 Å². The summed E-state index contributed by atoms with van der Waals surface area (Å²) in [6.07, 6.45) is 0.277. The van der Waals surface area contributed by atoms with Gasteiger partial charge in [-0.3, -0.25) is 4.79 Å². The fourth-order valence-electron chi connectivity index (χ4n) is 1.80. The molecule has 0 aliphatic heterocycles. The third-order valence-electron chi connectivity index (χ3n) is 2.89. The molecule has 0 spiro atoms. The number of carbonyl (C=O) groups excluding carboxylic acids is 1. The Balaban J connectivity index is 2.00. The fourth-order valence-corrected chi connectivity index (χ4v) is 2.04. The molecular weight excluding hydrogens is 303 g/mol. The Morgan fingerprint density at radius 1 is 1.05 bits per heavy atom. The van der Waals surface area contributed by atoms with Gasteiger partial charge in [-0.1, -0.05) is 29.8 Å². The Hall–Kier alpha value is -2.01. The number of amides is 1. The zero-order valence-corrected chi connectivity index (χ0v) is 11.6. The summed E-state index contributed by atoms with van der Waals surface area (Å²) in [7, 11) is 0. The lowest BCUT2D eigenvalue weighted by molar-refractivity contribution is 0.0953. The molecular formula is C15H11ClF3NO. The lowest BCUT2D eigenvalue weighted by Crippen LogP contribution is -2.26. The molecule has 2 nitrogen and oxygen atoms in total. The van der Waals surface area contributed by atoms with Crippen LogP contribution >= 0.6 is 11.6 Å². The van der Waals surface area contributed by atoms with Crippen LogP contribution in [0.15, 0.2) is 36.4 Å². The average Bonchev–Trinajstić information content (AvgIpc) is 2.44. The molecule has 0 saturated heterocycles. The van der Waals surface area contributed by atoms with Crippen LogP contribution in [0.4, 0.5) is 13.2 Å².